The Morgan fingerprint density at radius 2 is 2.08 bits per heavy atom. The molecule has 2 fully saturated rings. The van der Waals surface area contributed by atoms with Gasteiger partial charge in [-0.1, -0.05) is 13.0 Å². The molecule has 5 heteroatoms. The van der Waals surface area contributed by atoms with Crippen molar-refractivity contribution in [3.05, 3.63) is 23.8 Å². The number of nitrogens with one attached hydrogen (secondary N) is 1. The van der Waals surface area contributed by atoms with E-state index in [2.05, 4.69) is 29.3 Å². The number of rotatable bonds is 10. The summed E-state index contributed by atoms with van der Waals surface area (Å²) in [6.07, 6.45) is 4.03. The molecule has 1 aromatic carbocycles. The van der Waals surface area contributed by atoms with E-state index in [0.717, 1.165) is 56.7 Å². The van der Waals surface area contributed by atoms with Crippen LogP contribution in [0.15, 0.2) is 18.2 Å². The van der Waals surface area contributed by atoms with Crippen LogP contribution in [0.1, 0.15) is 38.7 Å². The van der Waals surface area contributed by atoms with Crippen molar-refractivity contribution >= 4 is 0 Å². The molecule has 1 unspecified atom stereocenters. The highest BCUT2D eigenvalue weighted by molar-refractivity contribution is 5.43. The van der Waals surface area contributed by atoms with E-state index in [0.29, 0.717) is 19.3 Å². The summed E-state index contributed by atoms with van der Waals surface area (Å²) in [7, 11) is 0. The molecule has 0 aromatic heterocycles. The maximum absolute atomic E-state index is 5.90. The largest absolute Gasteiger partial charge is 0.490 e. The molecule has 1 atom stereocenters. The van der Waals surface area contributed by atoms with E-state index in [-0.39, 0.29) is 0 Å². The smallest absolute Gasteiger partial charge is 0.161 e. The second-order valence-electron chi connectivity index (χ2n) is 6.91. The van der Waals surface area contributed by atoms with E-state index in [9.17, 15) is 0 Å². The average molecular weight is 348 g/mol. The van der Waals surface area contributed by atoms with Gasteiger partial charge in [-0.05, 0) is 43.9 Å². The van der Waals surface area contributed by atoms with Gasteiger partial charge in [-0.2, -0.15) is 0 Å². The summed E-state index contributed by atoms with van der Waals surface area (Å²) >= 11 is 0. The fourth-order valence-corrected chi connectivity index (χ4v) is 3.28. The minimum absolute atomic E-state index is 0.299. The van der Waals surface area contributed by atoms with Crippen LogP contribution >= 0.6 is 0 Å². The van der Waals surface area contributed by atoms with Gasteiger partial charge in [0, 0.05) is 32.2 Å². The van der Waals surface area contributed by atoms with Gasteiger partial charge < -0.3 is 19.5 Å². The Morgan fingerprint density at radius 3 is 2.84 bits per heavy atom. The highest BCUT2D eigenvalue weighted by atomic mass is 16.5. The van der Waals surface area contributed by atoms with Crippen molar-refractivity contribution in [3.8, 4) is 11.5 Å². The van der Waals surface area contributed by atoms with Gasteiger partial charge in [0.2, 0.25) is 0 Å². The van der Waals surface area contributed by atoms with Crippen LogP contribution in [-0.2, 0) is 11.3 Å². The van der Waals surface area contributed by atoms with Gasteiger partial charge in [-0.25, -0.2) is 0 Å². The fraction of sp³-hybridized carbons (Fsp3) is 0.700. The van der Waals surface area contributed by atoms with E-state index >= 15 is 0 Å². The van der Waals surface area contributed by atoms with E-state index in [1.165, 1.54) is 18.4 Å². The summed E-state index contributed by atoms with van der Waals surface area (Å²) in [6, 6.07) is 7.04. The summed E-state index contributed by atoms with van der Waals surface area (Å²) in [5, 5.41) is 3.54. The van der Waals surface area contributed by atoms with Crippen molar-refractivity contribution in [3.63, 3.8) is 0 Å². The lowest BCUT2D eigenvalue weighted by Gasteiger charge is -2.33. The third-order valence-corrected chi connectivity index (χ3v) is 4.70. The van der Waals surface area contributed by atoms with Gasteiger partial charge in [0.1, 0.15) is 0 Å². The normalized spacial score (nSPS) is 21.3. The molecule has 2 aliphatic rings. The number of benzene rings is 1. The van der Waals surface area contributed by atoms with Gasteiger partial charge >= 0.3 is 0 Å². The van der Waals surface area contributed by atoms with E-state index in [1.54, 1.807) is 0 Å². The Morgan fingerprint density at radius 1 is 1.20 bits per heavy atom. The first-order chi connectivity index (χ1) is 12.3. The molecular formula is C20H32N2O3. The summed E-state index contributed by atoms with van der Waals surface area (Å²) in [6.45, 7) is 10.2. The highest BCUT2D eigenvalue weighted by Crippen LogP contribution is 2.29. The van der Waals surface area contributed by atoms with Crippen LogP contribution in [0.3, 0.4) is 0 Å². The van der Waals surface area contributed by atoms with Gasteiger partial charge in [0.15, 0.2) is 11.5 Å². The van der Waals surface area contributed by atoms with Crippen molar-refractivity contribution in [1.29, 1.82) is 0 Å². The quantitative estimate of drug-likeness (QED) is 0.704. The van der Waals surface area contributed by atoms with Gasteiger partial charge in [0.25, 0.3) is 0 Å². The van der Waals surface area contributed by atoms with Crippen molar-refractivity contribution in [2.75, 3.05) is 39.5 Å². The van der Waals surface area contributed by atoms with Crippen LogP contribution in [-0.4, -0.2) is 56.5 Å². The number of hydrogen-bond donors (Lipinski definition) is 1. The minimum atomic E-state index is 0.299. The van der Waals surface area contributed by atoms with Crippen LogP contribution in [0.25, 0.3) is 0 Å². The molecule has 1 heterocycles. The van der Waals surface area contributed by atoms with Crippen LogP contribution < -0.4 is 14.8 Å². The molecule has 5 nitrogen and oxygen atoms in total. The molecule has 3 rings (SSSR count). The number of hydrogen-bond acceptors (Lipinski definition) is 5. The van der Waals surface area contributed by atoms with Crippen molar-refractivity contribution < 1.29 is 14.2 Å². The van der Waals surface area contributed by atoms with Crippen LogP contribution in [0.2, 0.25) is 0 Å². The lowest BCUT2D eigenvalue weighted by Crippen LogP contribution is -2.47. The second kappa shape index (κ2) is 9.41. The van der Waals surface area contributed by atoms with Crippen LogP contribution in [0.5, 0.6) is 11.5 Å². The molecule has 1 saturated carbocycles. The Bertz CT molecular complexity index is 534. The fourth-order valence-electron chi connectivity index (χ4n) is 3.28. The third kappa shape index (κ3) is 5.59. The Kier molecular flexibility index (Phi) is 6.96. The Labute approximate surface area is 151 Å². The van der Waals surface area contributed by atoms with E-state index < -0.39 is 0 Å². The summed E-state index contributed by atoms with van der Waals surface area (Å²) in [5.74, 6) is 1.67. The summed E-state index contributed by atoms with van der Waals surface area (Å²) < 4.78 is 17.4. The maximum atomic E-state index is 5.90. The van der Waals surface area contributed by atoms with Crippen molar-refractivity contribution in [2.45, 2.75) is 51.8 Å². The molecule has 0 spiro atoms. The first-order valence-electron chi connectivity index (χ1n) is 9.75. The minimum Gasteiger partial charge on any atom is -0.490 e. The second-order valence-corrected chi connectivity index (χ2v) is 6.91. The standard InChI is InChI=1S/C20H32N2O3/c1-3-10-25-19-8-5-16(12-20(19)23-4-2)13-21-14-18-15-22(9-11-24-18)17-6-7-17/h5,8,12,17-18,21H,3-4,6-7,9-11,13-15H2,1-2H3. The van der Waals surface area contributed by atoms with Crippen molar-refractivity contribution in [2.24, 2.45) is 0 Å². The molecule has 1 N–H and O–H groups in total. The average Bonchev–Trinajstić information content (AvgIpc) is 3.47. The first-order valence-corrected chi connectivity index (χ1v) is 9.75. The molecule has 0 radical (unpaired) electrons. The van der Waals surface area contributed by atoms with Gasteiger partial charge in [-0.3, -0.25) is 4.90 Å². The lowest BCUT2D eigenvalue weighted by atomic mass is 10.2. The lowest BCUT2D eigenvalue weighted by molar-refractivity contribution is -0.0301. The Hall–Kier alpha value is -1.30. The van der Waals surface area contributed by atoms with Crippen molar-refractivity contribution in [1.82, 2.24) is 10.2 Å². The topological polar surface area (TPSA) is 43.0 Å². The summed E-state index contributed by atoms with van der Waals surface area (Å²) in [4.78, 5) is 2.59. The van der Waals surface area contributed by atoms with E-state index in [4.69, 9.17) is 14.2 Å². The highest BCUT2D eigenvalue weighted by Gasteiger charge is 2.32. The zero-order chi connectivity index (χ0) is 17.5. The third-order valence-electron chi connectivity index (χ3n) is 4.70. The van der Waals surface area contributed by atoms with E-state index in [1.807, 2.05) is 13.0 Å². The summed E-state index contributed by atoms with van der Waals surface area (Å²) in [5.41, 5.74) is 1.21. The molecule has 1 aliphatic carbocycles. The van der Waals surface area contributed by atoms with Gasteiger partial charge in [-0.15, -0.1) is 0 Å². The number of morpholine rings is 1. The molecule has 0 bridgehead atoms. The SMILES string of the molecule is CCCOc1ccc(CNCC2CN(C3CC3)CCO2)cc1OCC. The van der Waals surface area contributed by atoms with Gasteiger partial charge in [0.05, 0.1) is 25.9 Å². The maximum Gasteiger partial charge on any atom is 0.161 e. The molecular weight excluding hydrogens is 316 g/mol. The molecule has 1 aliphatic heterocycles. The predicted octanol–water partition coefficient (Wildman–Crippen LogP) is 2.83. The first kappa shape index (κ1) is 18.5. The number of ether oxygens (including phenoxy) is 3. The predicted molar refractivity (Wildman–Crippen MR) is 99.4 cm³/mol. The zero-order valence-corrected chi connectivity index (χ0v) is 15.6. The van der Waals surface area contributed by atoms with Crippen LogP contribution in [0.4, 0.5) is 0 Å². The monoisotopic (exact) mass is 348 g/mol. The molecule has 0 amide bonds. The molecule has 1 saturated heterocycles. The molecule has 1 aromatic rings. The Balaban J connectivity index is 1.47. The number of nitrogens with zero attached hydrogens (tertiary/aromatic N) is 1. The molecule has 140 valence electrons. The molecule has 25 heavy (non-hydrogen) atoms. The zero-order valence-electron chi connectivity index (χ0n) is 15.6. The van der Waals surface area contributed by atoms with Crippen LogP contribution in [0, 0.1) is 0 Å².